The average Bonchev–Trinajstić information content (AvgIpc) is 2.21. The molecule has 1 aromatic rings. The van der Waals surface area contributed by atoms with Crippen LogP contribution in [0, 0.1) is 5.82 Å². The second-order valence-electron chi connectivity index (χ2n) is 3.76. The van der Waals surface area contributed by atoms with Crippen molar-refractivity contribution in [2.24, 2.45) is 0 Å². The minimum absolute atomic E-state index is 0.0934. The Bertz CT molecular complexity index is 488. The van der Waals surface area contributed by atoms with Crippen LogP contribution in [0.15, 0.2) is 18.2 Å². The minimum atomic E-state index is -3.27. The highest BCUT2D eigenvalue weighted by atomic mass is 32.2. The van der Waals surface area contributed by atoms with E-state index in [0.29, 0.717) is 5.69 Å². The van der Waals surface area contributed by atoms with Crippen LogP contribution >= 0.6 is 0 Å². The van der Waals surface area contributed by atoms with Gasteiger partial charge in [0.05, 0.1) is 11.4 Å². The number of benzene rings is 1. The zero-order chi connectivity index (χ0) is 13.1. The zero-order valence-electron chi connectivity index (χ0n) is 9.77. The molecule has 0 aliphatic heterocycles. The highest BCUT2D eigenvalue weighted by molar-refractivity contribution is 7.89. The molecule has 0 radical (unpaired) electrons. The molecule has 0 unspecified atom stereocenters. The Hall–Kier alpha value is -1.34. The normalized spacial score (nSPS) is 11.8. The molecule has 0 atom stereocenters. The van der Waals surface area contributed by atoms with Crippen molar-refractivity contribution < 1.29 is 12.8 Å². The summed E-state index contributed by atoms with van der Waals surface area (Å²) in [6.45, 7) is 0.140. The van der Waals surface area contributed by atoms with Crippen LogP contribution in [0.3, 0.4) is 0 Å². The molecular weight excluding hydrogens is 245 g/mol. The Morgan fingerprint density at radius 3 is 2.59 bits per heavy atom. The maximum absolute atomic E-state index is 13.3. The summed E-state index contributed by atoms with van der Waals surface area (Å²) in [5.74, 6) is -0.587. The second kappa shape index (κ2) is 5.33. The van der Waals surface area contributed by atoms with Gasteiger partial charge in [0.2, 0.25) is 10.0 Å². The number of hydrogen-bond donors (Lipinski definition) is 2. The van der Waals surface area contributed by atoms with Gasteiger partial charge >= 0.3 is 0 Å². The van der Waals surface area contributed by atoms with Crippen molar-refractivity contribution >= 4 is 21.4 Å². The van der Waals surface area contributed by atoms with Crippen LogP contribution in [0.4, 0.5) is 15.8 Å². The summed E-state index contributed by atoms with van der Waals surface area (Å²) in [6, 6.07) is 4.21. The largest absolute Gasteiger partial charge is 0.399 e. The van der Waals surface area contributed by atoms with Crippen LogP contribution in [0.5, 0.6) is 0 Å². The molecule has 0 saturated heterocycles. The Morgan fingerprint density at radius 2 is 2.06 bits per heavy atom. The zero-order valence-corrected chi connectivity index (χ0v) is 10.6. The molecule has 1 rings (SSSR count). The number of nitrogens with zero attached hydrogens (tertiary/aromatic N) is 1. The first-order valence-electron chi connectivity index (χ1n) is 5.02. The number of rotatable bonds is 5. The molecule has 5 nitrogen and oxygen atoms in total. The molecule has 96 valence electrons. The van der Waals surface area contributed by atoms with E-state index in [9.17, 15) is 12.8 Å². The van der Waals surface area contributed by atoms with E-state index in [0.717, 1.165) is 4.31 Å². The van der Waals surface area contributed by atoms with Crippen LogP contribution in [0.1, 0.15) is 0 Å². The van der Waals surface area contributed by atoms with Crippen molar-refractivity contribution in [3.63, 3.8) is 0 Å². The number of nitrogens with one attached hydrogen (secondary N) is 1. The quantitative estimate of drug-likeness (QED) is 0.765. The number of hydrogen-bond acceptors (Lipinski definition) is 4. The van der Waals surface area contributed by atoms with Gasteiger partial charge in [-0.05, 0) is 18.2 Å². The molecule has 1 aromatic carbocycles. The molecule has 0 spiro atoms. The van der Waals surface area contributed by atoms with Crippen LogP contribution in [-0.4, -0.2) is 39.1 Å². The van der Waals surface area contributed by atoms with Crippen molar-refractivity contribution in [2.45, 2.75) is 0 Å². The van der Waals surface area contributed by atoms with Gasteiger partial charge in [-0.15, -0.1) is 0 Å². The van der Waals surface area contributed by atoms with Crippen LogP contribution in [0.2, 0.25) is 0 Å². The fourth-order valence-electron chi connectivity index (χ4n) is 1.17. The lowest BCUT2D eigenvalue weighted by Gasteiger charge is -2.12. The highest BCUT2D eigenvalue weighted by Gasteiger charge is 2.13. The van der Waals surface area contributed by atoms with Gasteiger partial charge in [-0.25, -0.2) is 17.1 Å². The molecule has 7 heteroatoms. The van der Waals surface area contributed by atoms with E-state index in [2.05, 4.69) is 5.32 Å². The van der Waals surface area contributed by atoms with Crippen LogP contribution in [0.25, 0.3) is 0 Å². The van der Waals surface area contributed by atoms with Crippen molar-refractivity contribution in [1.29, 1.82) is 0 Å². The Balaban J connectivity index is 2.58. The third kappa shape index (κ3) is 3.86. The van der Waals surface area contributed by atoms with Gasteiger partial charge in [-0.1, -0.05) is 0 Å². The van der Waals surface area contributed by atoms with Gasteiger partial charge in [0.25, 0.3) is 0 Å². The van der Waals surface area contributed by atoms with E-state index in [1.54, 1.807) is 6.07 Å². The lowest BCUT2D eigenvalue weighted by molar-refractivity contribution is 0.521. The Labute approximate surface area is 100 Å². The molecule has 0 aliphatic carbocycles. The second-order valence-corrected chi connectivity index (χ2v) is 6.07. The first-order valence-corrected chi connectivity index (χ1v) is 6.63. The molecular formula is C10H16FN3O2S. The van der Waals surface area contributed by atoms with E-state index in [-0.39, 0.29) is 18.0 Å². The first-order chi connectivity index (χ1) is 7.83. The number of anilines is 2. The number of nitrogen functional groups attached to an aromatic ring is 1. The van der Waals surface area contributed by atoms with Gasteiger partial charge in [0.15, 0.2) is 0 Å². The number of sulfonamides is 1. The molecule has 0 amide bonds. The van der Waals surface area contributed by atoms with Gasteiger partial charge in [-0.2, -0.15) is 0 Å². The lowest BCUT2D eigenvalue weighted by atomic mass is 10.2. The molecule has 0 bridgehead atoms. The predicted octanol–water partition coefficient (Wildman–Crippen LogP) is 0.711. The smallest absolute Gasteiger partial charge is 0.215 e. The molecule has 0 aromatic heterocycles. The fourth-order valence-corrected chi connectivity index (χ4v) is 1.90. The van der Waals surface area contributed by atoms with E-state index in [1.807, 2.05) is 0 Å². The summed E-state index contributed by atoms with van der Waals surface area (Å²) in [5.41, 5.74) is 5.97. The maximum Gasteiger partial charge on any atom is 0.215 e. The average molecular weight is 261 g/mol. The van der Waals surface area contributed by atoms with E-state index in [4.69, 9.17) is 5.73 Å². The van der Waals surface area contributed by atoms with Crippen LogP contribution in [-0.2, 0) is 10.0 Å². The first kappa shape index (κ1) is 13.7. The molecule has 0 fully saturated rings. The number of halogens is 1. The van der Waals surface area contributed by atoms with E-state index >= 15 is 0 Å². The number of nitrogens with two attached hydrogens (primary N) is 1. The van der Waals surface area contributed by atoms with Gasteiger partial charge < -0.3 is 11.1 Å². The summed E-state index contributed by atoms with van der Waals surface area (Å²) in [4.78, 5) is 0. The van der Waals surface area contributed by atoms with Crippen molar-refractivity contribution in [2.75, 3.05) is 37.4 Å². The van der Waals surface area contributed by atoms with E-state index < -0.39 is 15.8 Å². The summed E-state index contributed by atoms with van der Waals surface area (Å²) in [7, 11) is -0.351. The van der Waals surface area contributed by atoms with Crippen LogP contribution < -0.4 is 11.1 Å². The van der Waals surface area contributed by atoms with Crippen molar-refractivity contribution in [3.8, 4) is 0 Å². The summed E-state index contributed by atoms with van der Waals surface area (Å²) < 4.78 is 37.3. The van der Waals surface area contributed by atoms with Gasteiger partial charge in [-0.3, -0.25) is 0 Å². The standard InChI is InChI=1S/C10H16FN3O2S/c1-14(2)17(15,16)6-5-13-10-4-3-8(12)7-9(10)11/h3-4,7,13H,5-6,12H2,1-2H3. The Morgan fingerprint density at radius 1 is 1.41 bits per heavy atom. The summed E-state index contributed by atoms with van der Waals surface area (Å²) >= 11 is 0. The SMILES string of the molecule is CN(C)S(=O)(=O)CCNc1ccc(N)cc1F. The van der Waals surface area contributed by atoms with Crippen molar-refractivity contribution in [3.05, 3.63) is 24.0 Å². The summed E-state index contributed by atoms with van der Waals surface area (Å²) in [6.07, 6.45) is 0. The topological polar surface area (TPSA) is 75.4 Å². The third-order valence-corrected chi connectivity index (χ3v) is 4.06. The van der Waals surface area contributed by atoms with E-state index in [1.165, 1.54) is 26.2 Å². The fraction of sp³-hybridized carbons (Fsp3) is 0.400. The molecule has 17 heavy (non-hydrogen) atoms. The monoisotopic (exact) mass is 261 g/mol. The van der Waals surface area contributed by atoms with Crippen molar-refractivity contribution in [1.82, 2.24) is 4.31 Å². The lowest BCUT2D eigenvalue weighted by Crippen LogP contribution is -2.28. The predicted molar refractivity (Wildman–Crippen MR) is 66.8 cm³/mol. The molecule has 0 saturated carbocycles. The third-order valence-electron chi connectivity index (χ3n) is 2.22. The molecule has 0 aliphatic rings. The van der Waals surface area contributed by atoms with Gasteiger partial charge in [0, 0.05) is 26.3 Å². The van der Waals surface area contributed by atoms with Gasteiger partial charge in [0.1, 0.15) is 5.82 Å². The maximum atomic E-state index is 13.3. The summed E-state index contributed by atoms with van der Waals surface area (Å²) in [5, 5.41) is 2.71. The molecule has 3 N–H and O–H groups in total. The Kier molecular flexibility index (Phi) is 4.30. The minimum Gasteiger partial charge on any atom is -0.399 e. The molecule has 0 heterocycles. The highest BCUT2D eigenvalue weighted by Crippen LogP contribution is 2.16.